The minimum absolute atomic E-state index is 0.0549. The van der Waals surface area contributed by atoms with E-state index in [0.29, 0.717) is 37.3 Å². The number of benzene rings is 2. The van der Waals surface area contributed by atoms with Gasteiger partial charge in [-0.15, -0.1) is 0 Å². The molecule has 2 saturated heterocycles. The smallest absolute Gasteiger partial charge is 0.255 e. The molecule has 1 atom stereocenters. The Balaban J connectivity index is 1.54. The second kappa shape index (κ2) is 8.79. The Hall–Kier alpha value is -3.19. The largest absolute Gasteiger partial charge is 0.340 e. The second-order valence-corrected chi connectivity index (χ2v) is 10.6. The molecule has 3 heterocycles. The summed E-state index contributed by atoms with van der Waals surface area (Å²) in [4.78, 5) is 49.1. The van der Waals surface area contributed by atoms with Crippen molar-refractivity contribution < 1.29 is 14.4 Å². The van der Waals surface area contributed by atoms with E-state index in [0.717, 1.165) is 24.2 Å². The van der Waals surface area contributed by atoms with Gasteiger partial charge < -0.3 is 19.6 Å². The first-order valence-corrected chi connectivity index (χ1v) is 12.5. The molecule has 1 unspecified atom stereocenters. The molecule has 0 aromatic heterocycles. The monoisotopic (exact) mass is 474 g/mol. The van der Waals surface area contributed by atoms with Crippen LogP contribution in [-0.2, 0) is 4.79 Å². The first kappa shape index (κ1) is 23.5. The average Bonchev–Trinajstić information content (AvgIpc) is 2.81. The lowest BCUT2D eigenvalue weighted by molar-refractivity contribution is -0.144. The molecular formula is C28H34N4O3. The summed E-state index contributed by atoms with van der Waals surface area (Å²) in [6, 6.07) is 15.0. The van der Waals surface area contributed by atoms with Crippen molar-refractivity contribution in [2.45, 2.75) is 38.3 Å². The fourth-order valence-electron chi connectivity index (χ4n) is 6.08. The van der Waals surface area contributed by atoms with Crippen LogP contribution in [0.15, 0.2) is 48.5 Å². The third-order valence-corrected chi connectivity index (χ3v) is 7.80. The second-order valence-electron chi connectivity index (χ2n) is 10.6. The van der Waals surface area contributed by atoms with E-state index in [1.165, 1.54) is 0 Å². The molecule has 3 aliphatic heterocycles. The van der Waals surface area contributed by atoms with E-state index >= 15 is 0 Å². The normalized spacial score (nSPS) is 21.8. The van der Waals surface area contributed by atoms with Crippen LogP contribution in [0.3, 0.4) is 0 Å². The van der Waals surface area contributed by atoms with Gasteiger partial charge in [0.2, 0.25) is 5.91 Å². The molecule has 2 aromatic rings. The highest BCUT2D eigenvalue weighted by molar-refractivity contribution is 6.03. The summed E-state index contributed by atoms with van der Waals surface area (Å²) in [6.45, 7) is 9.67. The highest BCUT2D eigenvalue weighted by Crippen LogP contribution is 2.48. The fraction of sp³-hybridized carbons (Fsp3) is 0.464. The zero-order valence-electron chi connectivity index (χ0n) is 21.0. The van der Waals surface area contributed by atoms with Crippen LogP contribution < -0.4 is 0 Å². The molecule has 3 amide bonds. The topological polar surface area (TPSA) is 64.2 Å². The van der Waals surface area contributed by atoms with E-state index in [9.17, 15) is 14.4 Å². The van der Waals surface area contributed by atoms with E-state index in [1.54, 1.807) is 4.90 Å². The number of likely N-dealkylation sites (tertiary alicyclic amines) is 1. The Labute approximate surface area is 207 Å². The van der Waals surface area contributed by atoms with Gasteiger partial charge in [0.15, 0.2) is 0 Å². The van der Waals surface area contributed by atoms with Gasteiger partial charge in [0.1, 0.15) is 0 Å². The van der Waals surface area contributed by atoms with Crippen LogP contribution in [0.5, 0.6) is 0 Å². The number of piperazine rings is 1. The molecule has 184 valence electrons. The van der Waals surface area contributed by atoms with Crippen LogP contribution in [0.2, 0.25) is 0 Å². The molecule has 7 nitrogen and oxygen atoms in total. The van der Waals surface area contributed by atoms with Crippen LogP contribution >= 0.6 is 0 Å². The third kappa shape index (κ3) is 3.82. The molecule has 0 aliphatic carbocycles. The molecule has 3 aliphatic rings. The number of amides is 3. The average molecular weight is 475 g/mol. The minimum atomic E-state index is -0.750. The van der Waals surface area contributed by atoms with Gasteiger partial charge in [-0.05, 0) is 51.6 Å². The van der Waals surface area contributed by atoms with Gasteiger partial charge in [-0.25, -0.2) is 0 Å². The van der Waals surface area contributed by atoms with Gasteiger partial charge in [-0.1, -0.05) is 35.9 Å². The number of nitrogens with zero attached hydrogens (tertiary/aromatic N) is 4. The van der Waals surface area contributed by atoms with Crippen molar-refractivity contribution in [2.75, 3.05) is 46.3 Å². The predicted molar refractivity (Wildman–Crippen MR) is 134 cm³/mol. The zero-order chi connectivity index (χ0) is 24.9. The van der Waals surface area contributed by atoms with Gasteiger partial charge >= 0.3 is 0 Å². The highest BCUT2D eigenvalue weighted by Gasteiger charge is 2.62. The van der Waals surface area contributed by atoms with Gasteiger partial charge in [0, 0.05) is 56.4 Å². The molecule has 0 bridgehead atoms. The lowest BCUT2D eigenvalue weighted by Gasteiger charge is -2.62. The minimum Gasteiger partial charge on any atom is -0.340 e. The number of hydrogen-bond acceptors (Lipinski definition) is 4. The maximum absolute atomic E-state index is 14.2. The van der Waals surface area contributed by atoms with Crippen LogP contribution in [0.1, 0.15) is 51.6 Å². The Morgan fingerprint density at radius 3 is 2.29 bits per heavy atom. The number of fused-ring (bicyclic) bond motifs is 1. The predicted octanol–water partition coefficient (Wildman–Crippen LogP) is 2.61. The standard InChI is InChI=1S/C28H34N4O3/c1-19(2)32-26(34)23-11-6-5-10-22(23)24(27(35)30-14-12-29(4)13-15-30)28(32)17-31(18-28)25(33)21-9-7-8-20(3)16-21/h5-11,16,19,24H,12-15,17-18H2,1-4H3. The Morgan fingerprint density at radius 1 is 0.943 bits per heavy atom. The number of likely N-dealkylation sites (N-methyl/N-ethyl adjacent to an activating group) is 1. The molecule has 5 rings (SSSR count). The van der Waals surface area contributed by atoms with E-state index in [2.05, 4.69) is 11.9 Å². The lowest BCUT2D eigenvalue weighted by Crippen LogP contribution is -2.78. The fourth-order valence-corrected chi connectivity index (χ4v) is 6.08. The number of carbonyl (C=O) groups is 3. The Morgan fingerprint density at radius 2 is 1.63 bits per heavy atom. The SMILES string of the molecule is Cc1cccc(C(=O)N2CC3(C2)C(C(=O)N2CCN(C)CC2)c2ccccc2C(=O)N3C(C)C)c1. The number of aryl methyl sites for hydroxylation is 1. The summed E-state index contributed by atoms with van der Waals surface area (Å²) in [6.07, 6.45) is 0. The van der Waals surface area contributed by atoms with Crippen LogP contribution in [0, 0.1) is 6.92 Å². The molecule has 35 heavy (non-hydrogen) atoms. The third-order valence-electron chi connectivity index (χ3n) is 7.80. The van der Waals surface area contributed by atoms with Crippen molar-refractivity contribution in [1.29, 1.82) is 0 Å². The van der Waals surface area contributed by atoms with Gasteiger partial charge in [0.25, 0.3) is 11.8 Å². The van der Waals surface area contributed by atoms with Crippen molar-refractivity contribution in [3.63, 3.8) is 0 Å². The lowest BCUT2D eigenvalue weighted by atomic mass is 9.67. The quantitative estimate of drug-likeness (QED) is 0.686. The summed E-state index contributed by atoms with van der Waals surface area (Å²) in [5.41, 5.74) is 2.31. The van der Waals surface area contributed by atoms with E-state index < -0.39 is 11.5 Å². The Bertz CT molecular complexity index is 1160. The van der Waals surface area contributed by atoms with Crippen LogP contribution in [-0.4, -0.2) is 95.2 Å². The number of carbonyl (C=O) groups excluding carboxylic acids is 3. The molecule has 2 fully saturated rings. The summed E-state index contributed by atoms with van der Waals surface area (Å²) in [5, 5.41) is 0. The first-order chi connectivity index (χ1) is 16.7. The van der Waals surface area contributed by atoms with Crippen molar-refractivity contribution >= 4 is 17.7 Å². The number of rotatable bonds is 3. The van der Waals surface area contributed by atoms with E-state index in [-0.39, 0.29) is 23.8 Å². The first-order valence-electron chi connectivity index (χ1n) is 12.5. The van der Waals surface area contributed by atoms with E-state index in [4.69, 9.17) is 0 Å². The van der Waals surface area contributed by atoms with Crippen LogP contribution in [0.25, 0.3) is 0 Å². The van der Waals surface area contributed by atoms with Crippen molar-refractivity contribution in [1.82, 2.24) is 19.6 Å². The summed E-state index contributed by atoms with van der Waals surface area (Å²) >= 11 is 0. The van der Waals surface area contributed by atoms with E-state index in [1.807, 2.05) is 79.1 Å². The molecule has 7 heteroatoms. The van der Waals surface area contributed by atoms with Gasteiger partial charge in [-0.3, -0.25) is 14.4 Å². The molecule has 0 N–H and O–H groups in total. The van der Waals surface area contributed by atoms with Crippen LogP contribution in [0.4, 0.5) is 0 Å². The van der Waals surface area contributed by atoms with Crippen molar-refractivity contribution in [2.24, 2.45) is 0 Å². The highest BCUT2D eigenvalue weighted by atomic mass is 16.2. The molecule has 0 saturated carbocycles. The molecule has 0 radical (unpaired) electrons. The van der Waals surface area contributed by atoms with Crippen molar-refractivity contribution in [3.8, 4) is 0 Å². The molecular weight excluding hydrogens is 440 g/mol. The maximum Gasteiger partial charge on any atom is 0.255 e. The molecule has 2 aromatic carbocycles. The summed E-state index contributed by atoms with van der Waals surface area (Å²) < 4.78 is 0. The Kier molecular flexibility index (Phi) is 5.91. The van der Waals surface area contributed by atoms with Crippen molar-refractivity contribution in [3.05, 3.63) is 70.8 Å². The summed E-state index contributed by atoms with van der Waals surface area (Å²) in [7, 11) is 2.07. The maximum atomic E-state index is 14.2. The zero-order valence-corrected chi connectivity index (χ0v) is 21.0. The summed E-state index contributed by atoms with van der Waals surface area (Å²) in [5.74, 6) is -0.545. The molecule has 1 spiro atoms. The van der Waals surface area contributed by atoms with Gasteiger partial charge in [-0.2, -0.15) is 0 Å². The van der Waals surface area contributed by atoms with Gasteiger partial charge in [0.05, 0.1) is 11.5 Å². The number of hydrogen-bond donors (Lipinski definition) is 0.